The van der Waals surface area contributed by atoms with E-state index in [4.69, 9.17) is 4.74 Å². The first-order valence-corrected chi connectivity index (χ1v) is 9.12. The molecule has 1 aromatic rings. The number of sulfonamides is 1. The Hall–Kier alpha value is -1.64. The van der Waals surface area contributed by atoms with E-state index in [9.17, 15) is 8.42 Å². The van der Waals surface area contributed by atoms with Crippen LogP contribution in [-0.4, -0.2) is 47.7 Å². The van der Waals surface area contributed by atoms with Crippen LogP contribution in [0, 0.1) is 0 Å². The third kappa shape index (κ3) is 5.19. The van der Waals surface area contributed by atoms with Gasteiger partial charge in [0.2, 0.25) is 10.0 Å². The number of benzene rings is 1. The van der Waals surface area contributed by atoms with Crippen LogP contribution in [0.1, 0.15) is 18.4 Å². The van der Waals surface area contributed by atoms with Gasteiger partial charge in [0, 0.05) is 26.7 Å². The lowest BCUT2D eigenvalue weighted by atomic mass is 10.2. The van der Waals surface area contributed by atoms with Gasteiger partial charge in [0.05, 0.1) is 11.0 Å². The van der Waals surface area contributed by atoms with Crippen molar-refractivity contribution in [2.45, 2.75) is 30.4 Å². The molecule has 1 unspecified atom stereocenters. The average molecular weight is 340 g/mol. The first-order valence-electron chi connectivity index (χ1n) is 7.64. The standard InChI is InChI=1S/C15H24N4O3S/c1-16-15(19-11-13-6-4-8-22-13)18-10-12-5-3-7-14(9-12)23(20,21)17-2/h3,5,7,9,13,17H,4,6,8,10-11H2,1-2H3,(H2,16,18,19). The SMILES string of the molecule is CN=C(NCc1cccc(S(=O)(=O)NC)c1)NCC1CCCO1. The van der Waals surface area contributed by atoms with Crippen LogP contribution in [0.3, 0.4) is 0 Å². The van der Waals surface area contributed by atoms with Gasteiger partial charge in [0.1, 0.15) is 0 Å². The van der Waals surface area contributed by atoms with Gasteiger partial charge in [-0.05, 0) is 37.6 Å². The van der Waals surface area contributed by atoms with Crippen LogP contribution >= 0.6 is 0 Å². The van der Waals surface area contributed by atoms with E-state index >= 15 is 0 Å². The molecule has 0 saturated carbocycles. The number of nitrogens with one attached hydrogen (secondary N) is 3. The summed E-state index contributed by atoms with van der Waals surface area (Å²) in [6.45, 7) is 2.03. The van der Waals surface area contributed by atoms with Crippen LogP contribution in [0.5, 0.6) is 0 Å². The fraction of sp³-hybridized carbons (Fsp3) is 0.533. The van der Waals surface area contributed by atoms with E-state index in [2.05, 4.69) is 20.3 Å². The molecular weight excluding hydrogens is 316 g/mol. The molecule has 128 valence electrons. The Labute approximate surface area is 137 Å². The van der Waals surface area contributed by atoms with Crippen molar-refractivity contribution in [3.63, 3.8) is 0 Å². The predicted molar refractivity (Wildman–Crippen MR) is 89.9 cm³/mol. The lowest BCUT2D eigenvalue weighted by Gasteiger charge is -2.15. The number of aliphatic imine (C=N–C) groups is 1. The third-order valence-corrected chi connectivity index (χ3v) is 5.09. The molecule has 0 amide bonds. The summed E-state index contributed by atoms with van der Waals surface area (Å²) < 4.78 is 31.5. The number of guanidine groups is 1. The second-order valence-corrected chi connectivity index (χ2v) is 7.18. The molecule has 1 atom stereocenters. The molecule has 1 aliphatic heterocycles. The summed E-state index contributed by atoms with van der Waals surface area (Å²) in [6.07, 6.45) is 2.40. The molecule has 0 radical (unpaired) electrons. The highest BCUT2D eigenvalue weighted by atomic mass is 32.2. The van der Waals surface area contributed by atoms with Gasteiger partial charge < -0.3 is 15.4 Å². The van der Waals surface area contributed by atoms with Crippen molar-refractivity contribution in [1.82, 2.24) is 15.4 Å². The van der Waals surface area contributed by atoms with Gasteiger partial charge in [0.25, 0.3) is 0 Å². The Morgan fingerprint density at radius 1 is 1.39 bits per heavy atom. The third-order valence-electron chi connectivity index (χ3n) is 3.68. The van der Waals surface area contributed by atoms with Crippen molar-refractivity contribution in [3.05, 3.63) is 29.8 Å². The van der Waals surface area contributed by atoms with Crippen LogP contribution in [0.15, 0.2) is 34.2 Å². The number of ether oxygens (including phenoxy) is 1. The van der Waals surface area contributed by atoms with Gasteiger partial charge in [-0.3, -0.25) is 4.99 Å². The summed E-state index contributed by atoms with van der Waals surface area (Å²) in [5.74, 6) is 0.669. The lowest BCUT2D eigenvalue weighted by Crippen LogP contribution is -2.40. The summed E-state index contributed by atoms with van der Waals surface area (Å²) in [5.41, 5.74) is 0.862. The van der Waals surface area contributed by atoms with E-state index in [0.717, 1.165) is 25.0 Å². The fourth-order valence-electron chi connectivity index (χ4n) is 2.36. The number of hydrogen-bond acceptors (Lipinski definition) is 4. The zero-order valence-electron chi connectivity index (χ0n) is 13.5. The maximum atomic E-state index is 11.8. The Bertz CT molecular complexity index is 640. The minimum atomic E-state index is -3.43. The molecule has 0 bridgehead atoms. The van der Waals surface area contributed by atoms with Crippen molar-refractivity contribution in [2.24, 2.45) is 4.99 Å². The molecule has 0 spiro atoms. The highest BCUT2D eigenvalue weighted by molar-refractivity contribution is 7.89. The molecule has 1 fully saturated rings. The topological polar surface area (TPSA) is 91.8 Å². The molecule has 0 aromatic heterocycles. The summed E-state index contributed by atoms with van der Waals surface area (Å²) in [5, 5.41) is 6.40. The van der Waals surface area contributed by atoms with Crippen molar-refractivity contribution in [3.8, 4) is 0 Å². The molecular formula is C15H24N4O3S. The first kappa shape index (κ1) is 17.7. The largest absolute Gasteiger partial charge is 0.376 e. The highest BCUT2D eigenvalue weighted by Gasteiger charge is 2.15. The minimum Gasteiger partial charge on any atom is -0.376 e. The van der Waals surface area contributed by atoms with Crippen LogP contribution in [0.2, 0.25) is 0 Å². The summed E-state index contributed by atoms with van der Waals surface area (Å²) in [4.78, 5) is 4.41. The first-order chi connectivity index (χ1) is 11.0. The van der Waals surface area contributed by atoms with Gasteiger partial charge in [-0.1, -0.05) is 12.1 Å². The predicted octanol–water partition coefficient (Wildman–Crippen LogP) is 0.439. The second-order valence-electron chi connectivity index (χ2n) is 5.30. The van der Waals surface area contributed by atoms with Gasteiger partial charge in [-0.15, -0.1) is 0 Å². The fourth-order valence-corrected chi connectivity index (χ4v) is 3.16. The van der Waals surface area contributed by atoms with Crippen molar-refractivity contribution in [2.75, 3.05) is 27.2 Å². The van der Waals surface area contributed by atoms with Crippen molar-refractivity contribution >= 4 is 16.0 Å². The Morgan fingerprint density at radius 2 is 2.22 bits per heavy atom. The Balaban J connectivity index is 1.90. The monoisotopic (exact) mass is 340 g/mol. The molecule has 7 nitrogen and oxygen atoms in total. The van der Waals surface area contributed by atoms with Crippen molar-refractivity contribution < 1.29 is 13.2 Å². The van der Waals surface area contributed by atoms with Crippen LogP contribution < -0.4 is 15.4 Å². The van der Waals surface area contributed by atoms with E-state index in [1.807, 2.05) is 6.07 Å². The number of hydrogen-bond donors (Lipinski definition) is 3. The van der Waals surface area contributed by atoms with Gasteiger partial charge in [-0.2, -0.15) is 0 Å². The summed E-state index contributed by atoms with van der Waals surface area (Å²) >= 11 is 0. The van der Waals surface area contributed by atoms with E-state index in [1.54, 1.807) is 25.2 Å². The Morgan fingerprint density at radius 3 is 2.87 bits per heavy atom. The van der Waals surface area contributed by atoms with Gasteiger partial charge >= 0.3 is 0 Å². The van der Waals surface area contributed by atoms with E-state index in [1.165, 1.54) is 7.05 Å². The zero-order valence-corrected chi connectivity index (χ0v) is 14.3. The summed E-state index contributed by atoms with van der Waals surface area (Å²) in [7, 11) is -0.325. The maximum Gasteiger partial charge on any atom is 0.240 e. The number of nitrogens with zero attached hydrogens (tertiary/aromatic N) is 1. The molecule has 1 saturated heterocycles. The molecule has 1 aliphatic rings. The molecule has 2 rings (SSSR count). The normalized spacial score (nSPS) is 18.9. The average Bonchev–Trinajstić information content (AvgIpc) is 3.09. The molecule has 23 heavy (non-hydrogen) atoms. The van der Waals surface area contributed by atoms with Crippen LogP contribution in [0.4, 0.5) is 0 Å². The van der Waals surface area contributed by atoms with Crippen molar-refractivity contribution in [1.29, 1.82) is 0 Å². The van der Waals surface area contributed by atoms with E-state index in [0.29, 0.717) is 19.0 Å². The Kier molecular flexibility index (Phi) is 6.37. The molecule has 1 heterocycles. The van der Waals surface area contributed by atoms with Crippen LogP contribution in [-0.2, 0) is 21.3 Å². The van der Waals surface area contributed by atoms with Gasteiger partial charge in [-0.25, -0.2) is 13.1 Å². The molecule has 1 aromatic carbocycles. The zero-order chi connectivity index (χ0) is 16.7. The number of rotatable bonds is 6. The lowest BCUT2D eigenvalue weighted by molar-refractivity contribution is 0.114. The summed E-state index contributed by atoms with van der Waals surface area (Å²) in [6, 6.07) is 6.81. The highest BCUT2D eigenvalue weighted by Crippen LogP contribution is 2.11. The molecule has 0 aliphatic carbocycles. The van der Waals surface area contributed by atoms with Crippen LogP contribution in [0.25, 0.3) is 0 Å². The minimum absolute atomic E-state index is 0.234. The molecule has 8 heteroatoms. The van der Waals surface area contributed by atoms with E-state index < -0.39 is 10.0 Å². The second kappa shape index (κ2) is 8.28. The maximum absolute atomic E-state index is 11.8. The van der Waals surface area contributed by atoms with E-state index in [-0.39, 0.29) is 11.0 Å². The smallest absolute Gasteiger partial charge is 0.240 e. The quantitative estimate of drug-likeness (QED) is 0.516. The van der Waals surface area contributed by atoms with Gasteiger partial charge in [0.15, 0.2) is 5.96 Å². The molecule has 3 N–H and O–H groups in total.